The normalized spacial score (nSPS) is 29.0. The van der Waals surface area contributed by atoms with Gasteiger partial charge in [-0.05, 0) is 6.92 Å². The molecule has 1 aliphatic rings. The van der Waals surface area contributed by atoms with Crippen molar-refractivity contribution in [1.29, 1.82) is 0 Å². The number of rotatable bonds is 5. The van der Waals surface area contributed by atoms with E-state index in [1.807, 2.05) is 0 Å². The number of aliphatic carboxylic acids is 1. The summed E-state index contributed by atoms with van der Waals surface area (Å²) >= 11 is 0. The second-order valence-corrected chi connectivity index (χ2v) is 3.91. The van der Waals surface area contributed by atoms with Gasteiger partial charge in [-0.3, -0.25) is 4.79 Å². The molecule has 14 heavy (non-hydrogen) atoms. The predicted molar refractivity (Wildman–Crippen MR) is 50.1 cm³/mol. The standard InChI is InChI=1S/C9H17NO4/c1-7(4-8(11)12)10-5-9(13)2-3-14-6-9/h7,10,13H,2-6H2,1H3,(H,11,12). The molecule has 5 heteroatoms. The van der Waals surface area contributed by atoms with Crippen LogP contribution in [0.5, 0.6) is 0 Å². The minimum atomic E-state index is -0.834. The summed E-state index contributed by atoms with van der Waals surface area (Å²) in [6.07, 6.45) is 0.677. The van der Waals surface area contributed by atoms with Gasteiger partial charge < -0.3 is 20.3 Å². The summed E-state index contributed by atoms with van der Waals surface area (Å²) in [4.78, 5) is 10.4. The molecule has 0 saturated carbocycles. The van der Waals surface area contributed by atoms with E-state index in [-0.39, 0.29) is 12.5 Å². The second-order valence-electron chi connectivity index (χ2n) is 3.91. The highest BCUT2D eigenvalue weighted by atomic mass is 16.5. The molecule has 2 atom stereocenters. The molecular weight excluding hydrogens is 186 g/mol. The molecule has 0 aromatic carbocycles. The molecule has 0 aromatic rings. The van der Waals surface area contributed by atoms with Gasteiger partial charge in [0.15, 0.2) is 0 Å². The molecule has 1 aliphatic heterocycles. The number of hydrogen-bond donors (Lipinski definition) is 3. The van der Waals surface area contributed by atoms with E-state index in [1.165, 1.54) is 0 Å². The topological polar surface area (TPSA) is 78.8 Å². The summed E-state index contributed by atoms with van der Waals surface area (Å²) in [5.74, 6) is -0.834. The van der Waals surface area contributed by atoms with Crippen LogP contribution in [0.4, 0.5) is 0 Å². The highest BCUT2D eigenvalue weighted by molar-refractivity contribution is 5.67. The highest BCUT2D eigenvalue weighted by Crippen LogP contribution is 2.17. The number of hydrogen-bond acceptors (Lipinski definition) is 4. The van der Waals surface area contributed by atoms with Crippen molar-refractivity contribution in [2.24, 2.45) is 0 Å². The summed E-state index contributed by atoms with van der Waals surface area (Å²) in [6.45, 7) is 3.08. The fraction of sp³-hybridized carbons (Fsp3) is 0.889. The Balaban J connectivity index is 2.22. The van der Waals surface area contributed by atoms with Crippen molar-refractivity contribution < 1.29 is 19.7 Å². The minimum Gasteiger partial charge on any atom is -0.481 e. The van der Waals surface area contributed by atoms with Crippen LogP contribution in [0.3, 0.4) is 0 Å². The molecule has 0 bridgehead atoms. The van der Waals surface area contributed by atoms with Crippen LogP contribution < -0.4 is 5.32 Å². The third kappa shape index (κ3) is 3.61. The Hall–Kier alpha value is -0.650. The first kappa shape index (κ1) is 11.4. The van der Waals surface area contributed by atoms with Crippen molar-refractivity contribution in [1.82, 2.24) is 5.32 Å². The van der Waals surface area contributed by atoms with Crippen LogP contribution in [-0.4, -0.2) is 47.6 Å². The smallest absolute Gasteiger partial charge is 0.304 e. The van der Waals surface area contributed by atoms with Crippen LogP contribution >= 0.6 is 0 Å². The molecule has 0 aliphatic carbocycles. The van der Waals surface area contributed by atoms with Gasteiger partial charge in [0.1, 0.15) is 5.60 Å². The lowest BCUT2D eigenvalue weighted by Crippen LogP contribution is -2.44. The van der Waals surface area contributed by atoms with E-state index in [0.717, 1.165) is 0 Å². The van der Waals surface area contributed by atoms with E-state index in [9.17, 15) is 9.90 Å². The van der Waals surface area contributed by atoms with Crippen molar-refractivity contribution in [3.63, 3.8) is 0 Å². The second kappa shape index (κ2) is 4.72. The minimum absolute atomic E-state index is 0.0664. The first-order chi connectivity index (χ1) is 6.52. The number of ether oxygens (including phenoxy) is 1. The number of carbonyl (C=O) groups is 1. The molecule has 5 nitrogen and oxygen atoms in total. The molecule has 1 heterocycles. The van der Waals surface area contributed by atoms with Crippen molar-refractivity contribution >= 4 is 5.97 Å². The average Bonchev–Trinajstić information content (AvgIpc) is 2.49. The summed E-state index contributed by atoms with van der Waals surface area (Å²) in [5.41, 5.74) is -0.813. The molecule has 0 amide bonds. The molecule has 0 radical (unpaired) electrons. The first-order valence-corrected chi connectivity index (χ1v) is 4.77. The Bertz CT molecular complexity index is 201. The summed E-state index contributed by atoms with van der Waals surface area (Å²) in [5, 5.41) is 21.3. The number of nitrogens with one attached hydrogen (secondary N) is 1. The largest absolute Gasteiger partial charge is 0.481 e. The Kier molecular flexibility index (Phi) is 3.86. The van der Waals surface area contributed by atoms with E-state index >= 15 is 0 Å². The van der Waals surface area contributed by atoms with E-state index in [0.29, 0.717) is 26.2 Å². The monoisotopic (exact) mass is 203 g/mol. The summed E-state index contributed by atoms with van der Waals surface area (Å²) in [7, 11) is 0. The fourth-order valence-corrected chi connectivity index (χ4v) is 1.43. The van der Waals surface area contributed by atoms with E-state index in [1.54, 1.807) is 6.92 Å². The molecule has 0 spiro atoms. The van der Waals surface area contributed by atoms with Gasteiger partial charge in [0, 0.05) is 25.6 Å². The maximum Gasteiger partial charge on any atom is 0.304 e. The number of carboxylic acid groups (broad SMARTS) is 1. The molecule has 1 saturated heterocycles. The van der Waals surface area contributed by atoms with Crippen molar-refractivity contribution in [2.75, 3.05) is 19.8 Å². The van der Waals surface area contributed by atoms with Crippen LogP contribution in [0.2, 0.25) is 0 Å². The molecule has 82 valence electrons. The SMILES string of the molecule is CC(CC(=O)O)NCC1(O)CCOC1. The maximum atomic E-state index is 10.4. The summed E-state index contributed by atoms with van der Waals surface area (Å²) < 4.78 is 5.07. The van der Waals surface area contributed by atoms with Gasteiger partial charge in [0.25, 0.3) is 0 Å². The van der Waals surface area contributed by atoms with Crippen molar-refractivity contribution in [2.45, 2.75) is 31.4 Å². The van der Waals surface area contributed by atoms with Crippen LogP contribution in [0.25, 0.3) is 0 Å². The zero-order chi connectivity index (χ0) is 10.6. The fourth-order valence-electron chi connectivity index (χ4n) is 1.43. The lowest BCUT2D eigenvalue weighted by atomic mass is 10.0. The average molecular weight is 203 g/mol. The van der Waals surface area contributed by atoms with E-state index < -0.39 is 11.6 Å². The van der Waals surface area contributed by atoms with Crippen molar-refractivity contribution in [3.8, 4) is 0 Å². The van der Waals surface area contributed by atoms with Crippen molar-refractivity contribution in [3.05, 3.63) is 0 Å². The highest BCUT2D eigenvalue weighted by Gasteiger charge is 2.32. The Morgan fingerprint density at radius 2 is 2.43 bits per heavy atom. The zero-order valence-electron chi connectivity index (χ0n) is 8.32. The van der Waals surface area contributed by atoms with Crippen LogP contribution in [0, 0.1) is 0 Å². The van der Waals surface area contributed by atoms with Gasteiger partial charge in [-0.15, -0.1) is 0 Å². The maximum absolute atomic E-state index is 10.4. The predicted octanol–water partition coefficient (Wildman–Crippen LogP) is -0.409. The van der Waals surface area contributed by atoms with Gasteiger partial charge in [-0.25, -0.2) is 0 Å². The van der Waals surface area contributed by atoms with Gasteiger partial charge >= 0.3 is 5.97 Å². The van der Waals surface area contributed by atoms with Gasteiger partial charge in [-0.1, -0.05) is 0 Å². The number of aliphatic hydroxyl groups is 1. The van der Waals surface area contributed by atoms with E-state index in [4.69, 9.17) is 9.84 Å². The van der Waals surface area contributed by atoms with Crippen LogP contribution in [-0.2, 0) is 9.53 Å². The quantitative estimate of drug-likeness (QED) is 0.566. The zero-order valence-corrected chi connectivity index (χ0v) is 8.32. The molecule has 1 fully saturated rings. The first-order valence-electron chi connectivity index (χ1n) is 4.77. The summed E-state index contributed by atoms with van der Waals surface area (Å²) in [6, 6.07) is -0.128. The van der Waals surface area contributed by atoms with Gasteiger partial charge in [0.2, 0.25) is 0 Å². The van der Waals surface area contributed by atoms with Crippen LogP contribution in [0.1, 0.15) is 19.8 Å². The molecule has 0 aromatic heterocycles. The van der Waals surface area contributed by atoms with E-state index in [2.05, 4.69) is 5.32 Å². The Labute approximate surface area is 83.1 Å². The lowest BCUT2D eigenvalue weighted by molar-refractivity contribution is -0.137. The Morgan fingerprint density at radius 3 is 2.93 bits per heavy atom. The molecule has 1 rings (SSSR count). The third-order valence-corrected chi connectivity index (χ3v) is 2.34. The molecular formula is C9H17NO4. The van der Waals surface area contributed by atoms with Gasteiger partial charge in [-0.2, -0.15) is 0 Å². The van der Waals surface area contributed by atoms with Crippen LogP contribution in [0.15, 0.2) is 0 Å². The third-order valence-electron chi connectivity index (χ3n) is 2.34. The number of carboxylic acids is 1. The molecule has 3 N–H and O–H groups in total. The Morgan fingerprint density at radius 1 is 1.71 bits per heavy atom. The van der Waals surface area contributed by atoms with Gasteiger partial charge in [0.05, 0.1) is 13.0 Å². The molecule has 2 unspecified atom stereocenters. The lowest BCUT2D eigenvalue weighted by Gasteiger charge is -2.23.